The van der Waals surface area contributed by atoms with Gasteiger partial charge >= 0.3 is 0 Å². The molecule has 0 aromatic heterocycles. The third-order valence-electron chi connectivity index (χ3n) is 0.345. The molecule has 0 saturated carbocycles. The van der Waals surface area contributed by atoms with Gasteiger partial charge < -0.3 is 0 Å². The van der Waals surface area contributed by atoms with Gasteiger partial charge in [-0.3, -0.25) is 0 Å². The Hall–Kier alpha value is 0.820. The summed E-state index contributed by atoms with van der Waals surface area (Å²) in [7, 11) is 1.50. The highest BCUT2D eigenvalue weighted by atomic mass is 35.7. The van der Waals surface area contributed by atoms with E-state index >= 15 is 0 Å². The molecule has 58 valence electrons. The number of rotatable bonds is 1. The van der Waals surface area contributed by atoms with Gasteiger partial charge in [0, 0.05) is 10.7 Å². The summed E-state index contributed by atoms with van der Waals surface area (Å²) in [4.78, 5) is 0. The Labute approximate surface area is 69.5 Å². The largest absolute Gasteiger partial charge is 0.232 e. The van der Waals surface area contributed by atoms with Crippen LogP contribution in [-0.4, -0.2) is 19.5 Å². The Bertz CT molecular complexity index is 130. The predicted octanol–water partition coefficient (Wildman–Crippen LogP) is 2.00. The van der Waals surface area contributed by atoms with Gasteiger partial charge in [0.05, 0.1) is 11.1 Å². The van der Waals surface area contributed by atoms with E-state index in [1.54, 1.807) is 0 Å². The molecule has 0 aliphatic carbocycles. The van der Waals surface area contributed by atoms with Crippen LogP contribution in [0.2, 0.25) is 0 Å². The molecule has 2 nitrogen and oxygen atoms in total. The van der Waals surface area contributed by atoms with E-state index in [0.717, 1.165) is 0 Å². The molecule has 0 unspecified atom stereocenters. The van der Waals surface area contributed by atoms with Crippen LogP contribution in [0.4, 0.5) is 0 Å². The predicted molar refractivity (Wildman–Crippen MR) is 41.9 cm³/mol. The summed E-state index contributed by atoms with van der Waals surface area (Å²) in [6, 6.07) is 0. The first kappa shape index (κ1) is 12.5. The molecule has 0 radical (unpaired) electrons. The Morgan fingerprint density at radius 1 is 1.33 bits per heavy atom. The molecule has 0 rings (SSSR count). The molecule has 0 fully saturated rings. The summed E-state index contributed by atoms with van der Waals surface area (Å²) < 4.78 is 19.5. The lowest BCUT2D eigenvalue weighted by atomic mass is 11.0. The molecular weight excluding hydrogens is 206 g/mol. The Morgan fingerprint density at radius 2 is 1.44 bits per heavy atom. The van der Waals surface area contributed by atoms with Crippen molar-refractivity contribution < 1.29 is 8.42 Å². The molecule has 0 bridgehead atoms. The van der Waals surface area contributed by atoms with Gasteiger partial charge in [-0.15, -0.1) is 23.2 Å². The second-order valence-corrected chi connectivity index (χ2v) is 4.80. The SMILES string of the molecule is CCS(=O)(=O)Cl.ClCCl. The first-order valence-electron chi connectivity index (χ1n) is 2.02. The topological polar surface area (TPSA) is 34.1 Å². The highest BCUT2D eigenvalue weighted by Crippen LogP contribution is 1.91. The van der Waals surface area contributed by atoms with Gasteiger partial charge in [-0.1, -0.05) is 6.92 Å². The molecule has 0 spiro atoms. The van der Waals surface area contributed by atoms with E-state index in [9.17, 15) is 8.42 Å². The van der Waals surface area contributed by atoms with Crippen molar-refractivity contribution in [1.82, 2.24) is 0 Å². The summed E-state index contributed by atoms with van der Waals surface area (Å²) in [5.74, 6) is 0.00849. The van der Waals surface area contributed by atoms with E-state index in [-0.39, 0.29) is 11.1 Å². The van der Waals surface area contributed by atoms with Crippen LogP contribution in [0.25, 0.3) is 0 Å². The Kier molecular flexibility index (Phi) is 9.62. The molecule has 0 saturated heterocycles. The van der Waals surface area contributed by atoms with Crippen LogP contribution in [-0.2, 0) is 9.05 Å². The number of hydrogen-bond acceptors (Lipinski definition) is 2. The van der Waals surface area contributed by atoms with Gasteiger partial charge in [-0.25, -0.2) is 8.42 Å². The first-order valence-corrected chi connectivity index (χ1v) is 5.57. The molecule has 0 aromatic carbocycles. The summed E-state index contributed by atoms with van der Waals surface area (Å²) in [6.07, 6.45) is 0. The van der Waals surface area contributed by atoms with E-state index in [4.69, 9.17) is 23.2 Å². The molecule has 0 atom stereocenters. The average molecular weight is 214 g/mol. The molecule has 0 aromatic rings. The molecular formula is C3H7Cl3O2S. The van der Waals surface area contributed by atoms with Crippen molar-refractivity contribution in [2.75, 3.05) is 11.1 Å². The van der Waals surface area contributed by atoms with Gasteiger partial charge in [-0.2, -0.15) is 0 Å². The summed E-state index contributed by atoms with van der Waals surface area (Å²) >= 11 is 9.53. The second-order valence-electron chi connectivity index (χ2n) is 0.929. The average Bonchev–Trinajstić information content (AvgIpc) is 1.67. The van der Waals surface area contributed by atoms with E-state index < -0.39 is 9.05 Å². The minimum atomic E-state index is -3.19. The summed E-state index contributed by atoms with van der Waals surface area (Å²) in [5.41, 5.74) is 0. The molecule has 0 amide bonds. The first-order chi connectivity index (χ1) is 3.97. The fourth-order valence-corrected chi connectivity index (χ4v) is 0. The third kappa shape index (κ3) is 28.1. The van der Waals surface area contributed by atoms with Gasteiger partial charge in [0.1, 0.15) is 0 Å². The van der Waals surface area contributed by atoms with Crippen molar-refractivity contribution >= 4 is 42.9 Å². The summed E-state index contributed by atoms with van der Waals surface area (Å²) in [5, 5.41) is 0.194. The van der Waals surface area contributed by atoms with Crippen molar-refractivity contribution in [2.24, 2.45) is 0 Å². The van der Waals surface area contributed by atoms with Crippen molar-refractivity contribution in [1.29, 1.82) is 0 Å². The van der Waals surface area contributed by atoms with E-state index in [1.807, 2.05) is 0 Å². The smallest absolute Gasteiger partial charge is 0.212 e. The Balaban J connectivity index is 0. The standard InChI is InChI=1S/C2H5ClO2S.CH2Cl2/c1-2-6(3,4)5;2-1-3/h2H2,1H3;1H2. The maximum absolute atomic E-state index is 9.77. The van der Waals surface area contributed by atoms with Crippen LogP contribution in [0.15, 0.2) is 0 Å². The van der Waals surface area contributed by atoms with Crippen molar-refractivity contribution in [3.8, 4) is 0 Å². The van der Waals surface area contributed by atoms with E-state index in [1.165, 1.54) is 6.92 Å². The fourth-order valence-electron chi connectivity index (χ4n) is 0. The second kappa shape index (κ2) is 6.93. The van der Waals surface area contributed by atoms with Crippen LogP contribution < -0.4 is 0 Å². The molecule has 0 aliphatic heterocycles. The maximum atomic E-state index is 9.77. The molecule has 0 aliphatic rings. The van der Waals surface area contributed by atoms with Gasteiger partial charge in [-0.05, 0) is 0 Å². The Morgan fingerprint density at radius 3 is 1.44 bits per heavy atom. The van der Waals surface area contributed by atoms with Crippen molar-refractivity contribution in [2.45, 2.75) is 6.92 Å². The van der Waals surface area contributed by atoms with Crippen molar-refractivity contribution in [3.63, 3.8) is 0 Å². The van der Waals surface area contributed by atoms with Crippen LogP contribution in [0.3, 0.4) is 0 Å². The minimum absolute atomic E-state index is 0.00849. The third-order valence-corrected chi connectivity index (χ3v) is 1.69. The van der Waals surface area contributed by atoms with Gasteiger partial charge in [0.15, 0.2) is 0 Å². The lowest BCUT2D eigenvalue weighted by Gasteiger charge is -1.77. The molecule has 0 heterocycles. The molecule has 9 heavy (non-hydrogen) atoms. The zero-order valence-electron chi connectivity index (χ0n) is 4.77. The van der Waals surface area contributed by atoms with Crippen LogP contribution in [0.5, 0.6) is 0 Å². The lowest BCUT2D eigenvalue weighted by Crippen LogP contribution is -1.88. The van der Waals surface area contributed by atoms with E-state index in [0.29, 0.717) is 0 Å². The van der Waals surface area contributed by atoms with Crippen LogP contribution >= 0.6 is 33.9 Å². The van der Waals surface area contributed by atoms with E-state index in [2.05, 4.69) is 10.7 Å². The highest BCUT2D eigenvalue weighted by Gasteiger charge is 1.94. The van der Waals surface area contributed by atoms with Crippen LogP contribution in [0, 0.1) is 0 Å². The maximum Gasteiger partial charge on any atom is 0.232 e. The number of alkyl halides is 2. The number of halogens is 3. The zero-order valence-corrected chi connectivity index (χ0v) is 7.86. The normalized spacial score (nSPS) is 9.78. The van der Waals surface area contributed by atoms with Crippen molar-refractivity contribution in [3.05, 3.63) is 0 Å². The monoisotopic (exact) mass is 212 g/mol. The zero-order chi connectivity index (χ0) is 7.91. The minimum Gasteiger partial charge on any atom is -0.212 e. The molecule has 6 heteroatoms. The van der Waals surface area contributed by atoms with Gasteiger partial charge in [0.25, 0.3) is 0 Å². The lowest BCUT2D eigenvalue weighted by molar-refractivity contribution is 0.610. The number of hydrogen-bond donors (Lipinski definition) is 0. The quantitative estimate of drug-likeness (QED) is 0.493. The molecule has 0 N–H and O–H groups in total. The highest BCUT2D eigenvalue weighted by molar-refractivity contribution is 8.13. The summed E-state index contributed by atoms with van der Waals surface area (Å²) in [6.45, 7) is 1.49. The van der Waals surface area contributed by atoms with Crippen LogP contribution in [0.1, 0.15) is 6.92 Å². The van der Waals surface area contributed by atoms with Gasteiger partial charge in [0.2, 0.25) is 9.05 Å². The fraction of sp³-hybridized carbons (Fsp3) is 1.00.